The molecule has 0 atom stereocenters. The number of hydrogen-bond acceptors (Lipinski definition) is 2. The highest BCUT2D eigenvalue weighted by Gasteiger charge is 1.93. The highest BCUT2D eigenvalue weighted by molar-refractivity contribution is 7.30. The number of aromatic amines is 1. The van der Waals surface area contributed by atoms with Gasteiger partial charge in [-0.3, -0.25) is 0 Å². The Kier molecular flexibility index (Phi) is 9.19. The summed E-state index contributed by atoms with van der Waals surface area (Å²) in [5.41, 5.74) is 1.21. The molecule has 17 heavy (non-hydrogen) atoms. The van der Waals surface area contributed by atoms with Gasteiger partial charge in [0.25, 0.3) is 0 Å². The van der Waals surface area contributed by atoms with Crippen molar-refractivity contribution >= 4 is 19.2 Å². The van der Waals surface area contributed by atoms with E-state index in [9.17, 15) is 0 Å². The van der Waals surface area contributed by atoms with Crippen LogP contribution in [-0.4, -0.2) is 26.5 Å². The van der Waals surface area contributed by atoms with Crippen molar-refractivity contribution in [3.05, 3.63) is 36.5 Å². The van der Waals surface area contributed by atoms with Crippen molar-refractivity contribution < 1.29 is 19.5 Å². The SMILES string of the molecule is CCCO.O=[P+](O)O.c1ccc2[nH]ccc2c1. The zero-order valence-electron chi connectivity index (χ0n) is 9.58. The molecule has 4 N–H and O–H groups in total. The lowest BCUT2D eigenvalue weighted by atomic mass is 10.3. The van der Waals surface area contributed by atoms with Gasteiger partial charge in [0.15, 0.2) is 0 Å². The van der Waals surface area contributed by atoms with Crippen molar-refractivity contribution in [2.45, 2.75) is 13.3 Å². The molecule has 94 valence electrons. The molecule has 2 rings (SSSR count). The van der Waals surface area contributed by atoms with Crippen molar-refractivity contribution in [3.63, 3.8) is 0 Å². The molecule has 5 nitrogen and oxygen atoms in total. The van der Waals surface area contributed by atoms with Gasteiger partial charge in [0.1, 0.15) is 0 Å². The van der Waals surface area contributed by atoms with Gasteiger partial charge in [0.2, 0.25) is 0 Å². The molecule has 0 fully saturated rings. The molecule has 0 unspecified atom stereocenters. The Labute approximate surface area is 101 Å². The maximum atomic E-state index is 8.70. The van der Waals surface area contributed by atoms with Crippen LogP contribution in [0.5, 0.6) is 0 Å². The van der Waals surface area contributed by atoms with Gasteiger partial charge in [0, 0.05) is 22.9 Å². The van der Waals surface area contributed by atoms with E-state index in [2.05, 4.69) is 23.2 Å². The lowest BCUT2D eigenvalue weighted by molar-refractivity contribution is 0.295. The zero-order chi connectivity index (χ0) is 13.1. The summed E-state index contributed by atoms with van der Waals surface area (Å²) in [7, 11) is -2.87. The quantitative estimate of drug-likeness (QED) is 0.590. The molecular formula is C11H17NO4P+. The van der Waals surface area contributed by atoms with Gasteiger partial charge in [-0.25, -0.2) is 0 Å². The van der Waals surface area contributed by atoms with Crippen LogP contribution in [0.1, 0.15) is 13.3 Å². The van der Waals surface area contributed by atoms with Gasteiger partial charge < -0.3 is 10.1 Å². The number of hydrogen-bond donors (Lipinski definition) is 4. The Bertz CT molecular complexity index is 394. The summed E-state index contributed by atoms with van der Waals surface area (Å²) in [4.78, 5) is 17.4. The Morgan fingerprint density at radius 1 is 1.24 bits per heavy atom. The predicted molar refractivity (Wildman–Crippen MR) is 67.7 cm³/mol. The van der Waals surface area contributed by atoms with E-state index in [1.165, 1.54) is 10.9 Å². The van der Waals surface area contributed by atoms with Crippen molar-refractivity contribution in [2.75, 3.05) is 6.61 Å². The van der Waals surface area contributed by atoms with Crippen LogP contribution in [0, 0.1) is 0 Å². The van der Waals surface area contributed by atoms with Crippen molar-refractivity contribution in [1.82, 2.24) is 4.98 Å². The molecule has 0 saturated heterocycles. The summed E-state index contributed by atoms with van der Waals surface area (Å²) in [5.74, 6) is 0. The second kappa shape index (κ2) is 9.93. The van der Waals surface area contributed by atoms with Gasteiger partial charge in [-0.05, 0) is 23.9 Å². The van der Waals surface area contributed by atoms with Crippen LogP contribution >= 0.6 is 8.25 Å². The first-order valence-electron chi connectivity index (χ1n) is 5.09. The van der Waals surface area contributed by atoms with E-state index in [0.29, 0.717) is 6.61 Å². The molecule has 0 aliphatic heterocycles. The maximum Gasteiger partial charge on any atom is 0.692 e. The molecule has 2 aromatic rings. The molecule has 0 aliphatic rings. The average molecular weight is 258 g/mol. The van der Waals surface area contributed by atoms with Crippen molar-refractivity contribution in [1.29, 1.82) is 0 Å². The normalized spacial score (nSPS) is 8.71. The first-order valence-corrected chi connectivity index (χ1v) is 6.26. The van der Waals surface area contributed by atoms with Crippen molar-refractivity contribution in [3.8, 4) is 0 Å². The van der Waals surface area contributed by atoms with Gasteiger partial charge in [-0.1, -0.05) is 25.1 Å². The number of aromatic nitrogens is 1. The van der Waals surface area contributed by atoms with E-state index < -0.39 is 8.25 Å². The molecule has 0 bridgehead atoms. The number of aliphatic hydroxyl groups is 1. The number of fused-ring (bicyclic) bond motifs is 1. The monoisotopic (exact) mass is 258 g/mol. The smallest absolute Gasteiger partial charge is 0.396 e. The minimum atomic E-state index is -2.87. The first kappa shape index (κ1) is 15.7. The fraction of sp³-hybridized carbons (Fsp3) is 0.273. The van der Waals surface area contributed by atoms with Gasteiger partial charge >= 0.3 is 8.25 Å². The zero-order valence-corrected chi connectivity index (χ0v) is 10.5. The Morgan fingerprint density at radius 3 is 2.24 bits per heavy atom. The van der Waals surface area contributed by atoms with E-state index in [4.69, 9.17) is 19.5 Å². The molecule has 0 spiro atoms. The third-order valence-corrected chi connectivity index (χ3v) is 1.69. The molecule has 0 aliphatic carbocycles. The number of aliphatic hydroxyl groups excluding tert-OH is 1. The molecule has 0 radical (unpaired) electrons. The Balaban J connectivity index is 0.000000274. The topological polar surface area (TPSA) is 93.6 Å². The highest BCUT2D eigenvalue weighted by atomic mass is 31.1. The Morgan fingerprint density at radius 2 is 1.76 bits per heavy atom. The number of benzene rings is 1. The number of rotatable bonds is 1. The molecule has 6 heteroatoms. The lowest BCUT2D eigenvalue weighted by Crippen LogP contribution is -1.69. The van der Waals surface area contributed by atoms with Gasteiger partial charge in [0.05, 0.1) is 0 Å². The average Bonchev–Trinajstić information content (AvgIpc) is 2.76. The molecule has 1 aromatic heterocycles. The fourth-order valence-corrected chi connectivity index (χ4v) is 0.995. The van der Waals surface area contributed by atoms with Crippen LogP contribution in [0.15, 0.2) is 36.5 Å². The minimum absolute atomic E-state index is 0.319. The van der Waals surface area contributed by atoms with Crippen LogP contribution in [-0.2, 0) is 4.57 Å². The van der Waals surface area contributed by atoms with E-state index in [-0.39, 0.29) is 0 Å². The van der Waals surface area contributed by atoms with E-state index >= 15 is 0 Å². The van der Waals surface area contributed by atoms with E-state index in [1.54, 1.807) is 0 Å². The third-order valence-electron chi connectivity index (χ3n) is 1.69. The Hall–Kier alpha value is -1.26. The third kappa shape index (κ3) is 8.54. The summed E-state index contributed by atoms with van der Waals surface area (Å²) in [6.45, 7) is 2.25. The maximum absolute atomic E-state index is 8.70. The van der Waals surface area contributed by atoms with Gasteiger partial charge in [-0.15, -0.1) is 9.79 Å². The van der Waals surface area contributed by atoms with E-state index in [0.717, 1.165) is 6.42 Å². The molecule has 1 heterocycles. The fourth-order valence-electron chi connectivity index (χ4n) is 0.995. The van der Waals surface area contributed by atoms with Crippen LogP contribution in [0.3, 0.4) is 0 Å². The summed E-state index contributed by atoms with van der Waals surface area (Å²) in [5, 5.41) is 9.15. The summed E-state index contributed by atoms with van der Waals surface area (Å²) in [6.07, 6.45) is 2.82. The number of H-pyrrole nitrogens is 1. The molecule has 0 amide bonds. The minimum Gasteiger partial charge on any atom is -0.396 e. The lowest BCUT2D eigenvalue weighted by Gasteiger charge is -1.83. The second-order valence-electron chi connectivity index (χ2n) is 3.04. The summed E-state index contributed by atoms with van der Waals surface area (Å²) in [6, 6.07) is 10.3. The summed E-state index contributed by atoms with van der Waals surface area (Å²) >= 11 is 0. The summed E-state index contributed by atoms with van der Waals surface area (Å²) < 4.78 is 8.70. The molecule has 1 aromatic carbocycles. The van der Waals surface area contributed by atoms with Crippen molar-refractivity contribution in [2.24, 2.45) is 0 Å². The van der Waals surface area contributed by atoms with Crippen LogP contribution < -0.4 is 0 Å². The van der Waals surface area contributed by atoms with Crippen LogP contribution in [0.4, 0.5) is 0 Å². The van der Waals surface area contributed by atoms with E-state index in [1.807, 2.05) is 25.3 Å². The number of para-hydroxylation sites is 1. The highest BCUT2D eigenvalue weighted by Crippen LogP contribution is 2.09. The van der Waals surface area contributed by atoms with Crippen LogP contribution in [0.2, 0.25) is 0 Å². The first-order chi connectivity index (χ1) is 8.11. The van der Waals surface area contributed by atoms with Crippen LogP contribution in [0.25, 0.3) is 10.9 Å². The number of nitrogens with one attached hydrogen (secondary N) is 1. The second-order valence-corrected chi connectivity index (χ2v) is 3.55. The largest absolute Gasteiger partial charge is 0.692 e. The molecule has 0 saturated carbocycles. The van der Waals surface area contributed by atoms with Gasteiger partial charge in [-0.2, -0.15) is 0 Å². The standard InChI is InChI=1S/C8H7N.C3H8O.HO3P/c1-2-4-8-7(3-1)5-6-9-8;1-2-3-4;1-4(2)3/h1-6,9H;4H,2-3H2,1H3;(H-,1,2,3)/p+1. The molecular weight excluding hydrogens is 241 g/mol. The predicted octanol–water partition coefficient (Wildman–Crippen LogP) is 2.18.